The number of tetrazole rings is 1. The molecular weight excluding hydrogens is 377 g/mol. The van der Waals surface area contributed by atoms with Crippen molar-refractivity contribution in [1.29, 1.82) is 0 Å². The van der Waals surface area contributed by atoms with Crippen molar-refractivity contribution in [2.45, 2.75) is 13.5 Å². The van der Waals surface area contributed by atoms with Gasteiger partial charge in [-0.05, 0) is 42.0 Å². The molecule has 24 heavy (non-hydrogen) atoms. The molecule has 122 valence electrons. The predicted molar refractivity (Wildman–Crippen MR) is 90.7 cm³/mol. The van der Waals surface area contributed by atoms with E-state index >= 15 is 0 Å². The fourth-order valence-corrected chi connectivity index (χ4v) is 2.56. The highest BCUT2D eigenvalue weighted by atomic mass is 79.9. The van der Waals surface area contributed by atoms with Gasteiger partial charge < -0.3 is 5.32 Å². The fraction of sp³-hybridized carbons (Fsp3) is 0.125. The molecule has 1 aromatic heterocycles. The summed E-state index contributed by atoms with van der Waals surface area (Å²) in [4.78, 5) is 13.2. The third-order valence-corrected chi connectivity index (χ3v) is 3.94. The van der Waals surface area contributed by atoms with Crippen LogP contribution in [0.15, 0.2) is 46.9 Å². The SMILES string of the molecule is Cc1ccc(NC(=O)Cn2nnc(-c3ccccc3Br)n2)c(F)c1. The Kier molecular flexibility index (Phi) is 4.66. The highest BCUT2D eigenvalue weighted by Crippen LogP contribution is 2.24. The van der Waals surface area contributed by atoms with Gasteiger partial charge in [-0.1, -0.05) is 34.1 Å². The summed E-state index contributed by atoms with van der Waals surface area (Å²) in [6.07, 6.45) is 0. The number of rotatable bonds is 4. The van der Waals surface area contributed by atoms with Crippen LogP contribution in [0.4, 0.5) is 10.1 Å². The first-order chi connectivity index (χ1) is 11.5. The van der Waals surface area contributed by atoms with Gasteiger partial charge in [-0.3, -0.25) is 4.79 Å². The van der Waals surface area contributed by atoms with Crippen LogP contribution in [0.5, 0.6) is 0 Å². The minimum Gasteiger partial charge on any atom is -0.322 e. The smallest absolute Gasteiger partial charge is 0.248 e. The third-order valence-electron chi connectivity index (χ3n) is 3.25. The Labute approximate surface area is 145 Å². The van der Waals surface area contributed by atoms with Gasteiger partial charge in [0.05, 0.1) is 5.69 Å². The van der Waals surface area contributed by atoms with Crippen LogP contribution in [-0.2, 0) is 11.3 Å². The molecule has 0 saturated carbocycles. The number of hydrogen-bond donors (Lipinski definition) is 1. The zero-order chi connectivity index (χ0) is 17.1. The lowest BCUT2D eigenvalue weighted by Crippen LogP contribution is -2.21. The van der Waals surface area contributed by atoms with E-state index in [1.807, 2.05) is 24.3 Å². The minimum atomic E-state index is -0.483. The topological polar surface area (TPSA) is 72.7 Å². The molecule has 0 unspecified atom stereocenters. The molecule has 0 radical (unpaired) electrons. The van der Waals surface area contributed by atoms with Gasteiger partial charge in [0.2, 0.25) is 11.7 Å². The first kappa shape index (κ1) is 16.3. The molecule has 0 fully saturated rings. The molecule has 0 aliphatic rings. The lowest BCUT2D eigenvalue weighted by Gasteiger charge is -2.06. The van der Waals surface area contributed by atoms with Gasteiger partial charge in [0.25, 0.3) is 0 Å². The van der Waals surface area contributed by atoms with Gasteiger partial charge in [-0.15, -0.1) is 10.2 Å². The number of carbonyl (C=O) groups excluding carboxylic acids is 1. The molecule has 0 spiro atoms. The van der Waals surface area contributed by atoms with Crippen LogP contribution in [-0.4, -0.2) is 26.1 Å². The number of anilines is 1. The van der Waals surface area contributed by atoms with Gasteiger partial charge in [0, 0.05) is 10.0 Å². The summed E-state index contributed by atoms with van der Waals surface area (Å²) >= 11 is 3.41. The predicted octanol–water partition coefficient (Wildman–Crippen LogP) is 3.19. The largest absolute Gasteiger partial charge is 0.322 e. The van der Waals surface area contributed by atoms with E-state index < -0.39 is 11.7 Å². The van der Waals surface area contributed by atoms with Crippen LogP contribution >= 0.6 is 15.9 Å². The molecule has 6 nitrogen and oxygen atoms in total. The van der Waals surface area contributed by atoms with E-state index in [-0.39, 0.29) is 12.2 Å². The van der Waals surface area contributed by atoms with Gasteiger partial charge in [-0.2, -0.15) is 4.80 Å². The number of hydrogen-bond acceptors (Lipinski definition) is 4. The molecule has 0 bridgehead atoms. The van der Waals surface area contributed by atoms with Crippen LogP contribution in [0.25, 0.3) is 11.4 Å². The van der Waals surface area contributed by atoms with Crippen LogP contribution in [0.2, 0.25) is 0 Å². The number of nitrogens with zero attached hydrogens (tertiary/aromatic N) is 4. The van der Waals surface area contributed by atoms with Crippen LogP contribution in [0.1, 0.15) is 5.56 Å². The van der Waals surface area contributed by atoms with E-state index in [1.54, 1.807) is 13.0 Å². The van der Waals surface area contributed by atoms with Crippen LogP contribution < -0.4 is 5.32 Å². The lowest BCUT2D eigenvalue weighted by atomic mass is 10.2. The van der Waals surface area contributed by atoms with Crippen molar-refractivity contribution >= 4 is 27.5 Å². The average molecular weight is 390 g/mol. The summed E-state index contributed by atoms with van der Waals surface area (Å²) in [6.45, 7) is 1.61. The second-order valence-corrected chi connectivity index (χ2v) is 6.01. The first-order valence-corrected chi connectivity index (χ1v) is 7.91. The molecule has 3 aromatic rings. The highest BCUT2D eigenvalue weighted by molar-refractivity contribution is 9.10. The summed E-state index contributed by atoms with van der Waals surface area (Å²) in [5, 5.41) is 14.5. The molecule has 0 aliphatic heterocycles. The van der Waals surface area contributed by atoms with Crippen LogP contribution in [0.3, 0.4) is 0 Å². The van der Waals surface area contributed by atoms with Gasteiger partial charge in [0.1, 0.15) is 12.4 Å². The summed E-state index contributed by atoms with van der Waals surface area (Å²) in [7, 11) is 0. The Morgan fingerprint density at radius 3 is 2.83 bits per heavy atom. The van der Waals surface area contributed by atoms with Crippen molar-refractivity contribution < 1.29 is 9.18 Å². The van der Waals surface area contributed by atoms with Crippen molar-refractivity contribution in [3.63, 3.8) is 0 Å². The van der Waals surface area contributed by atoms with E-state index in [4.69, 9.17) is 0 Å². The average Bonchev–Trinajstić information content (AvgIpc) is 2.99. The van der Waals surface area contributed by atoms with E-state index in [2.05, 4.69) is 36.7 Å². The van der Waals surface area contributed by atoms with Gasteiger partial charge >= 0.3 is 0 Å². The maximum absolute atomic E-state index is 13.7. The third kappa shape index (κ3) is 3.65. The fourth-order valence-electron chi connectivity index (χ4n) is 2.10. The molecule has 1 amide bonds. The van der Waals surface area contributed by atoms with Crippen molar-refractivity contribution in [1.82, 2.24) is 20.2 Å². The Bertz CT molecular complexity index is 896. The van der Waals surface area contributed by atoms with Crippen molar-refractivity contribution in [2.75, 3.05) is 5.32 Å². The second-order valence-electron chi connectivity index (χ2n) is 5.15. The molecule has 1 N–H and O–H groups in total. The number of halogens is 2. The number of benzene rings is 2. The van der Waals surface area contributed by atoms with Crippen molar-refractivity contribution in [2.24, 2.45) is 0 Å². The Morgan fingerprint density at radius 1 is 1.29 bits per heavy atom. The maximum Gasteiger partial charge on any atom is 0.248 e. The van der Waals surface area contributed by atoms with E-state index in [9.17, 15) is 9.18 Å². The van der Waals surface area contributed by atoms with E-state index in [0.29, 0.717) is 5.82 Å². The van der Waals surface area contributed by atoms with Crippen molar-refractivity contribution in [3.05, 3.63) is 58.3 Å². The maximum atomic E-state index is 13.7. The molecule has 3 rings (SSSR count). The number of aromatic nitrogens is 4. The minimum absolute atomic E-state index is 0.122. The molecule has 0 saturated heterocycles. The summed E-state index contributed by atoms with van der Waals surface area (Å²) in [5.74, 6) is -0.519. The monoisotopic (exact) mass is 389 g/mol. The highest BCUT2D eigenvalue weighted by Gasteiger charge is 2.12. The second kappa shape index (κ2) is 6.88. The van der Waals surface area contributed by atoms with Crippen molar-refractivity contribution in [3.8, 4) is 11.4 Å². The molecule has 2 aromatic carbocycles. The van der Waals surface area contributed by atoms with E-state index in [1.165, 1.54) is 12.1 Å². The standard InChI is InChI=1S/C16H13BrFN5O/c1-10-6-7-14(13(18)8-10)19-15(24)9-23-21-16(20-22-23)11-4-2-3-5-12(11)17/h2-8H,9H2,1H3,(H,19,24). The summed E-state index contributed by atoms with van der Waals surface area (Å²) in [5.41, 5.74) is 1.67. The van der Waals surface area contributed by atoms with Crippen LogP contribution in [0, 0.1) is 12.7 Å². The van der Waals surface area contributed by atoms with Gasteiger partial charge in [-0.25, -0.2) is 4.39 Å². The number of nitrogens with one attached hydrogen (secondary N) is 1. The normalized spacial score (nSPS) is 10.6. The number of amides is 1. The number of aryl methyl sites for hydroxylation is 1. The van der Waals surface area contributed by atoms with Gasteiger partial charge in [0.15, 0.2) is 0 Å². The quantitative estimate of drug-likeness (QED) is 0.743. The Hall–Kier alpha value is -2.61. The zero-order valence-corrected chi connectivity index (χ0v) is 14.3. The molecule has 0 atom stereocenters. The molecular formula is C16H13BrFN5O. The molecule has 1 heterocycles. The van der Waals surface area contributed by atoms with E-state index in [0.717, 1.165) is 20.4 Å². The first-order valence-electron chi connectivity index (χ1n) is 7.11. The Balaban J connectivity index is 1.70. The lowest BCUT2D eigenvalue weighted by molar-refractivity contribution is -0.117. The zero-order valence-electron chi connectivity index (χ0n) is 12.7. The number of carbonyl (C=O) groups is 1. The Morgan fingerprint density at radius 2 is 2.08 bits per heavy atom. The summed E-state index contributed by atoms with van der Waals surface area (Å²) < 4.78 is 14.6. The molecule has 8 heteroatoms. The summed E-state index contributed by atoms with van der Waals surface area (Å²) in [6, 6.07) is 12.0. The molecule has 0 aliphatic carbocycles.